The van der Waals surface area contributed by atoms with Gasteiger partial charge in [0, 0.05) is 18.7 Å². The van der Waals surface area contributed by atoms with Gasteiger partial charge in [-0.25, -0.2) is 0 Å². The largest absolute Gasteiger partial charge is 0.328 e. The molecule has 0 bridgehead atoms. The number of fused-ring (bicyclic) bond motifs is 1. The molecular weight excluding hydrogens is 154 g/mol. The molecule has 0 saturated carbocycles. The molecule has 0 aromatic carbocycles. The molecule has 1 aromatic rings. The van der Waals surface area contributed by atoms with Gasteiger partial charge < -0.3 is 4.98 Å². The first-order valence-electron chi connectivity index (χ1n) is 3.68. The van der Waals surface area contributed by atoms with Crippen LogP contribution >= 0.6 is 0 Å². The summed E-state index contributed by atoms with van der Waals surface area (Å²) in [5, 5.41) is 0. The van der Waals surface area contributed by atoms with E-state index in [9.17, 15) is 9.59 Å². The lowest BCUT2D eigenvalue weighted by atomic mass is 9.99. The van der Waals surface area contributed by atoms with E-state index in [1.165, 1.54) is 12.1 Å². The zero-order chi connectivity index (χ0) is 8.55. The summed E-state index contributed by atoms with van der Waals surface area (Å²) < 4.78 is 0. The second-order valence-corrected chi connectivity index (χ2v) is 2.75. The fourth-order valence-corrected chi connectivity index (χ4v) is 1.26. The van der Waals surface area contributed by atoms with Crippen molar-refractivity contribution in [2.45, 2.75) is 6.42 Å². The van der Waals surface area contributed by atoms with Crippen LogP contribution in [0.4, 0.5) is 0 Å². The molecular formula is C9H7NO2. The Labute approximate surface area is 68.7 Å². The van der Waals surface area contributed by atoms with Gasteiger partial charge in [0.2, 0.25) is 5.56 Å². The molecule has 0 amide bonds. The van der Waals surface area contributed by atoms with Crippen molar-refractivity contribution in [3.63, 3.8) is 0 Å². The van der Waals surface area contributed by atoms with Crippen molar-refractivity contribution in [3.05, 3.63) is 39.8 Å². The standard InChI is InChI=1S/C9H7NO2/c11-8-2-1-6-5-10-9(12)4-7(6)3-8/h1-2,4-5H,3H2,(H,10,12). The highest BCUT2D eigenvalue weighted by molar-refractivity contribution is 5.98. The molecule has 0 spiro atoms. The molecule has 0 aliphatic heterocycles. The van der Waals surface area contributed by atoms with E-state index in [2.05, 4.69) is 4.98 Å². The molecule has 1 aromatic heterocycles. The van der Waals surface area contributed by atoms with Gasteiger partial charge in [-0.05, 0) is 23.3 Å². The number of rotatable bonds is 0. The number of nitrogens with one attached hydrogen (secondary N) is 1. The van der Waals surface area contributed by atoms with Gasteiger partial charge in [-0.15, -0.1) is 0 Å². The summed E-state index contributed by atoms with van der Waals surface area (Å²) in [5.41, 5.74) is 1.58. The third-order valence-corrected chi connectivity index (χ3v) is 1.86. The van der Waals surface area contributed by atoms with Crippen LogP contribution < -0.4 is 5.56 Å². The Hall–Kier alpha value is -1.64. The molecule has 0 radical (unpaired) electrons. The molecule has 0 fully saturated rings. The average molecular weight is 161 g/mol. The topological polar surface area (TPSA) is 49.9 Å². The lowest BCUT2D eigenvalue weighted by molar-refractivity contribution is -0.114. The number of carbonyl (C=O) groups excluding carboxylic acids is 1. The van der Waals surface area contributed by atoms with Crippen LogP contribution in [0.15, 0.2) is 23.1 Å². The SMILES string of the molecule is O=C1C=Cc2c[nH]c(=O)cc2C1. The summed E-state index contributed by atoms with van der Waals surface area (Å²) in [6.07, 6.45) is 5.22. The van der Waals surface area contributed by atoms with Crippen molar-refractivity contribution in [3.8, 4) is 0 Å². The first kappa shape index (κ1) is 7.03. The summed E-state index contributed by atoms with van der Waals surface area (Å²) >= 11 is 0. The van der Waals surface area contributed by atoms with Gasteiger partial charge in [0.25, 0.3) is 0 Å². The smallest absolute Gasteiger partial charge is 0.248 e. The van der Waals surface area contributed by atoms with Crippen molar-refractivity contribution in [1.29, 1.82) is 0 Å². The number of aromatic amines is 1. The Bertz CT molecular complexity index is 415. The van der Waals surface area contributed by atoms with Crippen LogP contribution in [-0.2, 0) is 11.2 Å². The van der Waals surface area contributed by atoms with Gasteiger partial charge in [0.1, 0.15) is 0 Å². The minimum absolute atomic E-state index is 0.0492. The van der Waals surface area contributed by atoms with Gasteiger partial charge in [0.05, 0.1) is 0 Å². The van der Waals surface area contributed by atoms with Gasteiger partial charge in [0.15, 0.2) is 5.78 Å². The zero-order valence-corrected chi connectivity index (χ0v) is 6.33. The number of allylic oxidation sites excluding steroid dienone is 1. The maximum atomic E-state index is 10.9. The van der Waals surface area contributed by atoms with Crippen molar-refractivity contribution in [2.24, 2.45) is 0 Å². The Morgan fingerprint density at radius 3 is 2.92 bits per heavy atom. The number of carbonyl (C=O) groups is 1. The van der Waals surface area contributed by atoms with Gasteiger partial charge in [-0.2, -0.15) is 0 Å². The van der Waals surface area contributed by atoms with Crippen molar-refractivity contribution in [2.75, 3.05) is 0 Å². The molecule has 1 aliphatic rings. The third kappa shape index (κ3) is 1.09. The van der Waals surface area contributed by atoms with E-state index >= 15 is 0 Å². The quantitative estimate of drug-likeness (QED) is 0.602. The Morgan fingerprint density at radius 1 is 1.25 bits per heavy atom. The summed E-state index contributed by atoms with van der Waals surface area (Å²) in [5.74, 6) is 0.0492. The van der Waals surface area contributed by atoms with E-state index in [1.807, 2.05) is 0 Å². The number of ketones is 1. The third-order valence-electron chi connectivity index (χ3n) is 1.86. The first-order chi connectivity index (χ1) is 5.75. The highest BCUT2D eigenvalue weighted by Crippen LogP contribution is 2.13. The predicted molar refractivity (Wildman–Crippen MR) is 44.8 cm³/mol. The van der Waals surface area contributed by atoms with Crippen LogP contribution in [0.2, 0.25) is 0 Å². The molecule has 12 heavy (non-hydrogen) atoms. The number of H-pyrrole nitrogens is 1. The van der Waals surface area contributed by atoms with Crippen LogP contribution in [0.5, 0.6) is 0 Å². The van der Waals surface area contributed by atoms with E-state index < -0.39 is 0 Å². The van der Waals surface area contributed by atoms with Crippen LogP contribution in [0.1, 0.15) is 11.1 Å². The molecule has 1 aliphatic carbocycles. The summed E-state index contributed by atoms with van der Waals surface area (Å²) in [6, 6.07) is 1.47. The normalized spacial score (nSPS) is 14.5. The van der Waals surface area contributed by atoms with E-state index in [0.29, 0.717) is 6.42 Å². The Kier molecular flexibility index (Phi) is 1.43. The molecule has 3 heteroatoms. The van der Waals surface area contributed by atoms with E-state index in [0.717, 1.165) is 11.1 Å². The van der Waals surface area contributed by atoms with Crippen LogP contribution in [-0.4, -0.2) is 10.8 Å². The number of pyridine rings is 1. The Morgan fingerprint density at radius 2 is 2.08 bits per heavy atom. The van der Waals surface area contributed by atoms with E-state index in [1.54, 1.807) is 12.3 Å². The number of hydrogen-bond donors (Lipinski definition) is 1. The fourth-order valence-electron chi connectivity index (χ4n) is 1.26. The molecule has 0 unspecified atom stereocenters. The van der Waals surface area contributed by atoms with Crippen molar-refractivity contribution in [1.82, 2.24) is 4.98 Å². The van der Waals surface area contributed by atoms with Crippen molar-refractivity contribution >= 4 is 11.9 Å². The van der Waals surface area contributed by atoms with Crippen LogP contribution in [0.25, 0.3) is 6.08 Å². The molecule has 0 atom stereocenters. The molecule has 2 rings (SSSR count). The fraction of sp³-hybridized carbons (Fsp3) is 0.111. The number of hydrogen-bond acceptors (Lipinski definition) is 2. The number of aromatic nitrogens is 1. The summed E-state index contributed by atoms with van der Waals surface area (Å²) in [4.78, 5) is 24.4. The maximum Gasteiger partial charge on any atom is 0.248 e. The lowest BCUT2D eigenvalue weighted by Crippen LogP contribution is -2.12. The van der Waals surface area contributed by atoms with Gasteiger partial charge in [-0.1, -0.05) is 0 Å². The van der Waals surface area contributed by atoms with Crippen LogP contribution in [0.3, 0.4) is 0 Å². The minimum atomic E-state index is -0.156. The maximum absolute atomic E-state index is 10.9. The highest BCUT2D eigenvalue weighted by Gasteiger charge is 2.09. The molecule has 1 heterocycles. The van der Waals surface area contributed by atoms with Crippen LogP contribution in [0, 0.1) is 0 Å². The molecule has 0 saturated heterocycles. The summed E-state index contributed by atoms with van der Waals surface area (Å²) in [7, 11) is 0. The average Bonchev–Trinajstić information content (AvgIpc) is 2.03. The Balaban J connectivity index is 2.61. The predicted octanol–water partition coefficient (Wildman–Crippen LogP) is 0.513. The van der Waals surface area contributed by atoms with Gasteiger partial charge >= 0.3 is 0 Å². The van der Waals surface area contributed by atoms with Gasteiger partial charge in [-0.3, -0.25) is 9.59 Å². The summed E-state index contributed by atoms with van der Waals surface area (Å²) in [6.45, 7) is 0. The second-order valence-electron chi connectivity index (χ2n) is 2.75. The molecule has 60 valence electrons. The first-order valence-corrected chi connectivity index (χ1v) is 3.68. The van der Waals surface area contributed by atoms with Crippen molar-refractivity contribution < 1.29 is 4.79 Å². The van der Waals surface area contributed by atoms with E-state index in [-0.39, 0.29) is 11.3 Å². The lowest BCUT2D eigenvalue weighted by Gasteiger charge is -2.06. The zero-order valence-electron chi connectivity index (χ0n) is 6.33. The highest BCUT2D eigenvalue weighted by atomic mass is 16.1. The van der Waals surface area contributed by atoms with E-state index in [4.69, 9.17) is 0 Å². The minimum Gasteiger partial charge on any atom is -0.328 e. The second kappa shape index (κ2) is 2.44. The molecule has 3 nitrogen and oxygen atoms in total. The molecule has 1 N–H and O–H groups in total. The monoisotopic (exact) mass is 161 g/mol.